The summed E-state index contributed by atoms with van der Waals surface area (Å²) in [5, 5.41) is 4.12. The molecule has 0 aliphatic rings. The van der Waals surface area contributed by atoms with Crippen molar-refractivity contribution in [3.05, 3.63) is 70.3 Å². The van der Waals surface area contributed by atoms with Crippen molar-refractivity contribution in [3.8, 4) is 0 Å². The number of aliphatic imine (C=N–C) groups is 1. The molecular weight excluding hydrogens is 280 g/mol. The Bertz CT molecular complexity index is 702. The van der Waals surface area contributed by atoms with E-state index in [1.54, 1.807) is 7.05 Å². The summed E-state index contributed by atoms with van der Waals surface area (Å²) >= 11 is 6.26. The van der Waals surface area contributed by atoms with Crippen LogP contribution in [0.1, 0.15) is 22.3 Å². The molecule has 0 aromatic heterocycles. The average molecular weight is 299 g/mol. The standard InChI is InChI=1S/C18H19ClN2/c1-5-14-10-11-15(19)13(3)17(14)18(20-4)21-16-9-7-6-8-12(16)2/h5-11H,1H2,2-4H3,(H,20,21). The molecule has 2 rings (SSSR count). The number of halogens is 1. The summed E-state index contributed by atoms with van der Waals surface area (Å²) in [7, 11) is 1.77. The molecule has 0 radical (unpaired) electrons. The van der Waals surface area contributed by atoms with Crippen molar-refractivity contribution in [2.75, 3.05) is 12.4 Å². The number of amidine groups is 1. The van der Waals surface area contributed by atoms with Crippen molar-refractivity contribution in [2.24, 2.45) is 4.99 Å². The van der Waals surface area contributed by atoms with E-state index in [0.29, 0.717) is 0 Å². The molecule has 0 atom stereocenters. The summed E-state index contributed by atoms with van der Waals surface area (Å²) in [5.41, 5.74) is 5.20. The summed E-state index contributed by atoms with van der Waals surface area (Å²) in [6, 6.07) is 12.0. The lowest BCUT2D eigenvalue weighted by Gasteiger charge is -2.17. The van der Waals surface area contributed by atoms with Crippen LogP contribution in [0, 0.1) is 13.8 Å². The van der Waals surface area contributed by atoms with Crippen LogP contribution in [0.3, 0.4) is 0 Å². The summed E-state index contributed by atoms with van der Waals surface area (Å²) in [5.74, 6) is 0.791. The molecule has 3 heteroatoms. The molecule has 0 heterocycles. The number of benzene rings is 2. The van der Waals surface area contributed by atoms with Gasteiger partial charge in [-0.25, -0.2) is 0 Å². The van der Waals surface area contributed by atoms with Gasteiger partial charge in [-0.3, -0.25) is 4.99 Å². The molecule has 108 valence electrons. The number of nitrogens with one attached hydrogen (secondary N) is 1. The second-order valence-corrected chi connectivity index (χ2v) is 5.26. The molecule has 0 amide bonds. The Balaban J connectivity index is 2.51. The maximum atomic E-state index is 6.26. The van der Waals surface area contributed by atoms with Gasteiger partial charge < -0.3 is 5.32 Å². The van der Waals surface area contributed by atoms with Crippen molar-refractivity contribution in [3.63, 3.8) is 0 Å². The largest absolute Gasteiger partial charge is 0.340 e. The predicted octanol–water partition coefficient (Wildman–Crippen LogP) is 5.09. The maximum absolute atomic E-state index is 6.26. The Kier molecular flexibility index (Phi) is 4.81. The van der Waals surface area contributed by atoms with E-state index in [4.69, 9.17) is 11.6 Å². The van der Waals surface area contributed by atoms with Crippen LogP contribution in [-0.4, -0.2) is 12.9 Å². The molecule has 0 fully saturated rings. The Morgan fingerprint density at radius 3 is 2.52 bits per heavy atom. The number of anilines is 1. The fraction of sp³-hybridized carbons (Fsp3) is 0.167. The average Bonchev–Trinajstić information content (AvgIpc) is 2.49. The quantitative estimate of drug-likeness (QED) is 0.619. The second-order valence-electron chi connectivity index (χ2n) is 4.85. The van der Waals surface area contributed by atoms with Crippen molar-refractivity contribution in [1.29, 1.82) is 0 Å². The summed E-state index contributed by atoms with van der Waals surface area (Å²) in [4.78, 5) is 4.40. The van der Waals surface area contributed by atoms with E-state index in [-0.39, 0.29) is 0 Å². The first-order chi connectivity index (χ1) is 10.1. The lowest BCUT2D eigenvalue weighted by Crippen LogP contribution is -2.17. The third-order valence-corrected chi connectivity index (χ3v) is 3.92. The summed E-state index contributed by atoms with van der Waals surface area (Å²) < 4.78 is 0. The van der Waals surface area contributed by atoms with Gasteiger partial charge in [-0.1, -0.05) is 48.5 Å². The predicted molar refractivity (Wildman–Crippen MR) is 93.5 cm³/mol. The third kappa shape index (κ3) is 3.17. The minimum Gasteiger partial charge on any atom is -0.340 e. The van der Waals surface area contributed by atoms with Crippen LogP contribution in [0.25, 0.3) is 6.08 Å². The SMILES string of the molecule is C=Cc1ccc(Cl)c(C)c1/C(=N\C)Nc1ccccc1C. The second kappa shape index (κ2) is 6.59. The van der Waals surface area contributed by atoms with Gasteiger partial charge in [0, 0.05) is 23.3 Å². The maximum Gasteiger partial charge on any atom is 0.133 e. The van der Waals surface area contributed by atoms with Gasteiger partial charge in [0.15, 0.2) is 0 Å². The topological polar surface area (TPSA) is 24.4 Å². The highest BCUT2D eigenvalue weighted by Gasteiger charge is 2.13. The van der Waals surface area contributed by atoms with Crippen LogP contribution >= 0.6 is 11.6 Å². The van der Waals surface area contributed by atoms with Crippen LogP contribution in [-0.2, 0) is 0 Å². The van der Waals surface area contributed by atoms with Crippen LogP contribution in [0.5, 0.6) is 0 Å². The van der Waals surface area contributed by atoms with E-state index >= 15 is 0 Å². The van der Waals surface area contributed by atoms with Gasteiger partial charge in [0.05, 0.1) is 0 Å². The highest BCUT2D eigenvalue weighted by Crippen LogP contribution is 2.25. The molecular formula is C18H19ClN2. The normalized spacial score (nSPS) is 11.3. The fourth-order valence-electron chi connectivity index (χ4n) is 2.26. The van der Waals surface area contributed by atoms with Crippen molar-refractivity contribution in [2.45, 2.75) is 13.8 Å². The molecule has 2 nitrogen and oxygen atoms in total. The first-order valence-electron chi connectivity index (χ1n) is 6.79. The van der Waals surface area contributed by atoms with Crippen LogP contribution in [0.2, 0.25) is 5.02 Å². The lowest BCUT2D eigenvalue weighted by atomic mass is 10.00. The monoisotopic (exact) mass is 298 g/mol. The number of rotatable bonds is 3. The lowest BCUT2D eigenvalue weighted by molar-refractivity contribution is 1.35. The van der Waals surface area contributed by atoms with Crippen molar-refractivity contribution >= 4 is 29.2 Å². The zero-order chi connectivity index (χ0) is 15.4. The third-order valence-electron chi connectivity index (χ3n) is 3.51. The smallest absolute Gasteiger partial charge is 0.133 e. The molecule has 0 saturated carbocycles. The minimum atomic E-state index is 0.725. The first kappa shape index (κ1) is 15.3. The Labute approximate surface area is 131 Å². The van der Waals surface area contributed by atoms with Gasteiger partial charge in [-0.05, 0) is 42.7 Å². The number of nitrogens with zero attached hydrogens (tertiary/aromatic N) is 1. The Morgan fingerprint density at radius 2 is 1.90 bits per heavy atom. The van der Waals surface area contributed by atoms with E-state index < -0.39 is 0 Å². The highest BCUT2D eigenvalue weighted by atomic mass is 35.5. The zero-order valence-corrected chi connectivity index (χ0v) is 13.3. The van der Waals surface area contributed by atoms with Crippen molar-refractivity contribution in [1.82, 2.24) is 0 Å². The number of hydrogen-bond donors (Lipinski definition) is 1. The van der Waals surface area contributed by atoms with Crippen LogP contribution < -0.4 is 5.32 Å². The van der Waals surface area contributed by atoms with E-state index in [1.807, 2.05) is 43.3 Å². The van der Waals surface area contributed by atoms with Crippen LogP contribution in [0.4, 0.5) is 5.69 Å². The molecule has 0 aliphatic carbocycles. The minimum absolute atomic E-state index is 0.725. The Morgan fingerprint density at radius 1 is 1.19 bits per heavy atom. The number of aryl methyl sites for hydroxylation is 1. The first-order valence-corrected chi connectivity index (χ1v) is 7.17. The zero-order valence-electron chi connectivity index (χ0n) is 12.6. The molecule has 0 unspecified atom stereocenters. The molecule has 0 aliphatic heterocycles. The van der Waals surface area contributed by atoms with E-state index in [0.717, 1.165) is 33.2 Å². The van der Waals surface area contributed by atoms with Crippen molar-refractivity contribution < 1.29 is 0 Å². The van der Waals surface area contributed by atoms with Gasteiger partial charge in [0.2, 0.25) is 0 Å². The molecule has 0 spiro atoms. The Hall–Kier alpha value is -2.06. The van der Waals surface area contributed by atoms with Gasteiger partial charge in [-0.15, -0.1) is 0 Å². The van der Waals surface area contributed by atoms with Gasteiger partial charge in [0.25, 0.3) is 0 Å². The van der Waals surface area contributed by atoms with E-state index in [1.165, 1.54) is 5.56 Å². The molecule has 0 bridgehead atoms. The molecule has 2 aromatic rings. The molecule has 1 N–H and O–H groups in total. The van der Waals surface area contributed by atoms with E-state index in [9.17, 15) is 0 Å². The fourth-order valence-corrected chi connectivity index (χ4v) is 2.42. The van der Waals surface area contributed by atoms with Crippen LogP contribution in [0.15, 0.2) is 48.0 Å². The van der Waals surface area contributed by atoms with Gasteiger partial charge in [-0.2, -0.15) is 0 Å². The summed E-state index contributed by atoms with van der Waals surface area (Å²) in [6.45, 7) is 7.94. The van der Waals surface area contributed by atoms with E-state index in [2.05, 4.69) is 29.9 Å². The molecule has 21 heavy (non-hydrogen) atoms. The van der Waals surface area contributed by atoms with Gasteiger partial charge in [0.1, 0.15) is 5.84 Å². The molecule has 0 saturated heterocycles. The van der Waals surface area contributed by atoms with Gasteiger partial charge >= 0.3 is 0 Å². The highest BCUT2D eigenvalue weighted by molar-refractivity contribution is 6.32. The molecule has 2 aromatic carbocycles. The summed E-state index contributed by atoms with van der Waals surface area (Å²) in [6.07, 6.45) is 1.82. The number of hydrogen-bond acceptors (Lipinski definition) is 1. The number of para-hydroxylation sites is 1.